The summed E-state index contributed by atoms with van der Waals surface area (Å²) >= 11 is 4.07. The van der Waals surface area contributed by atoms with Crippen LogP contribution in [0, 0.1) is 0 Å². The van der Waals surface area contributed by atoms with E-state index >= 15 is 0 Å². The van der Waals surface area contributed by atoms with Gasteiger partial charge in [-0.2, -0.15) is 12.6 Å². The fourth-order valence-electron chi connectivity index (χ4n) is 2.81. The Morgan fingerprint density at radius 3 is 2.84 bits per heavy atom. The van der Waals surface area contributed by atoms with Crippen LogP contribution in [0.15, 0.2) is 0 Å². The van der Waals surface area contributed by atoms with Gasteiger partial charge in [-0.1, -0.05) is 0 Å². The number of hydrogen-bond acceptors (Lipinski definition) is 4. The fourth-order valence-corrected chi connectivity index (χ4v) is 3.00. The highest BCUT2D eigenvalue weighted by Crippen LogP contribution is 2.27. The number of likely N-dealkylation sites (tertiary alicyclic amines) is 1. The second-order valence-electron chi connectivity index (χ2n) is 5.30. The van der Waals surface area contributed by atoms with Gasteiger partial charge < -0.3 is 10.2 Å². The van der Waals surface area contributed by atoms with Gasteiger partial charge in [0.25, 0.3) is 5.91 Å². The van der Waals surface area contributed by atoms with Gasteiger partial charge in [0.2, 0.25) is 5.91 Å². The van der Waals surface area contributed by atoms with Crippen molar-refractivity contribution in [3.05, 3.63) is 0 Å². The first-order valence-electron chi connectivity index (χ1n) is 6.50. The van der Waals surface area contributed by atoms with Crippen LogP contribution < -0.4 is 10.6 Å². The minimum Gasteiger partial charge on any atom is -0.340 e. The molecule has 0 aromatic heterocycles. The number of nitrogens with one attached hydrogen (secondary N) is 2. The van der Waals surface area contributed by atoms with Crippen molar-refractivity contribution in [1.29, 1.82) is 0 Å². The number of imide groups is 1. The third-order valence-corrected chi connectivity index (χ3v) is 4.01. The van der Waals surface area contributed by atoms with Crippen LogP contribution in [-0.4, -0.2) is 46.6 Å². The smallest absolute Gasteiger partial charge is 0.322 e. The highest BCUT2D eigenvalue weighted by molar-refractivity contribution is 7.80. The summed E-state index contributed by atoms with van der Waals surface area (Å²) in [5, 5.41) is 4.89. The second-order valence-corrected chi connectivity index (χ2v) is 5.75. The molecule has 7 heteroatoms. The second kappa shape index (κ2) is 5.40. The van der Waals surface area contributed by atoms with Gasteiger partial charge in [-0.15, -0.1) is 0 Å². The SMILES string of the molecule is CC1(CC2CCCN2C(=O)CCS)NC(=O)NC1=O. The molecule has 0 bridgehead atoms. The van der Waals surface area contributed by atoms with Gasteiger partial charge in [0.1, 0.15) is 5.54 Å². The highest BCUT2D eigenvalue weighted by atomic mass is 32.1. The van der Waals surface area contributed by atoms with Crippen LogP contribution in [-0.2, 0) is 9.59 Å². The summed E-state index contributed by atoms with van der Waals surface area (Å²) in [4.78, 5) is 36.8. The van der Waals surface area contributed by atoms with Crippen molar-refractivity contribution in [3.63, 3.8) is 0 Å². The van der Waals surface area contributed by atoms with Crippen LogP contribution in [0.4, 0.5) is 4.79 Å². The largest absolute Gasteiger partial charge is 0.340 e. The molecule has 6 nitrogen and oxygen atoms in total. The average Bonchev–Trinajstić information content (AvgIpc) is 2.85. The van der Waals surface area contributed by atoms with Gasteiger partial charge in [0.15, 0.2) is 0 Å². The van der Waals surface area contributed by atoms with Crippen LogP contribution >= 0.6 is 12.6 Å². The molecule has 2 aliphatic heterocycles. The molecule has 2 unspecified atom stereocenters. The number of carbonyl (C=O) groups excluding carboxylic acids is 3. The molecule has 2 fully saturated rings. The normalized spacial score (nSPS) is 30.4. The van der Waals surface area contributed by atoms with Crippen molar-refractivity contribution in [1.82, 2.24) is 15.5 Å². The molecule has 0 saturated carbocycles. The van der Waals surface area contributed by atoms with E-state index in [1.165, 1.54) is 0 Å². The molecule has 0 spiro atoms. The lowest BCUT2D eigenvalue weighted by Crippen LogP contribution is -2.49. The molecule has 0 aromatic carbocycles. The van der Waals surface area contributed by atoms with Crippen molar-refractivity contribution in [2.75, 3.05) is 12.3 Å². The Labute approximate surface area is 117 Å². The molecule has 106 valence electrons. The molecule has 2 atom stereocenters. The maximum atomic E-state index is 12.0. The Balaban J connectivity index is 2.03. The maximum absolute atomic E-state index is 12.0. The Kier molecular flexibility index (Phi) is 4.03. The molecular formula is C12H19N3O3S. The lowest BCUT2D eigenvalue weighted by Gasteiger charge is -2.30. The number of urea groups is 1. The molecule has 2 heterocycles. The lowest BCUT2D eigenvalue weighted by atomic mass is 9.92. The Morgan fingerprint density at radius 1 is 1.53 bits per heavy atom. The number of amides is 4. The van der Waals surface area contributed by atoms with Gasteiger partial charge in [0.05, 0.1) is 0 Å². The number of hydrogen-bond donors (Lipinski definition) is 3. The summed E-state index contributed by atoms with van der Waals surface area (Å²) in [6.07, 6.45) is 2.68. The van der Waals surface area contributed by atoms with E-state index in [0.29, 0.717) is 18.6 Å². The summed E-state index contributed by atoms with van der Waals surface area (Å²) in [5.74, 6) is 0.285. The predicted octanol–water partition coefficient (Wildman–Crippen LogP) is 0.286. The third kappa shape index (κ3) is 2.86. The molecule has 2 rings (SSSR count). The van der Waals surface area contributed by atoms with E-state index in [1.807, 2.05) is 4.90 Å². The Hall–Kier alpha value is -1.24. The molecule has 0 aromatic rings. The van der Waals surface area contributed by atoms with Gasteiger partial charge >= 0.3 is 6.03 Å². The molecule has 2 aliphatic rings. The molecular weight excluding hydrogens is 266 g/mol. The Bertz CT molecular complexity index is 415. The minimum absolute atomic E-state index is 0.0153. The summed E-state index contributed by atoms with van der Waals surface area (Å²) in [7, 11) is 0. The molecule has 0 radical (unpaired) electrons. The standard InChI is InChI=1S/C12H19N3O3S/c1-12(10(17)13-11(18)14-12)7-8-3-2-5-15(8)9(16)4-6-19/h8,19H,2-7H2,1H3,(H2,13,14,17,18). The number of rotatable bonds is 4. The van der Waals surface area contributed by atoms with E-state index in [2.05, 4.69) is 23.3 Å². The maximum Gasteiger partial charge on any atom is 0.322 e. The number of thiol groups is 1. The number of carbonyl (C=O) groups is 3. The molecule has 0 aliphatic carbocycles. The number of nitrogens with zero attached hydrogens (tertiary/aromatic N) is 1. The Morgan fingerprint density at radius 2 is 2.26 bits per heavy atom. The zero-order valence-corrected chi connectivity index (χ0v) is 11.8. The molecule has 4 amide bonds. The van der Waals surface area contributed by atoms with Crippen LogP contribution in [0.2, 0.25) is 0 Å². The first-order valence-corrected chi connectivity index (χ1v) is 7.13. The van der Waals surface area contributed by atoms with E-state index in [-0.39, 0.29) is 17.9 Å². The first kappa shape index (κ1) is 14.2. The van der Waals surface area contributed by atoms with E-state index < -0.39 is 11.6 Å². The van der Waals surface area contributed by atoms with Gasteiger partial charge in [-0.3, -0.25) is 14.9 Å². The summed E-state index contributed by atoms with van der Waals surface area (Å²) in [5.41, 5.74) is -0.911. The van der Waals surface area contributed by atoms with E-state index in [1.54, 1.807) is 6.92 Å². The van der Waals surface area contributed by atoms with Gasteiger partial charge in [-0.05, 0) is 31.9 Å². The van der Waals surface area contributed by atoms with Crippen molar-refractivity contribution in [3.8, 4) is 0 Å². The van der Waals surface area contributed by atoms with Crippen molar-refractivity contribution < 1.29 is 14.4 Å². The first-order chi connectivity index (χ1) is 8.96. The summed E-state index contributed by atoms with van der Waals surface area (Å²) in [6, 6.07) is -0.444. The van der Waals surface area contributed by atoms with Crippen molar-refractivity contribution >= 4 is 30.5 Å². The molecule has 19 heavy (non-hydrogen) atoms. The summed E-state index contributed by atoms with van der Waals surface area (Å²) < 4.78 is 0. The quantitative estimate of drug-likeness (QED) is 0.513. The average molecular weight is 285 g/mol. The highest BCUT2D eigenvalue weighted by Gasteiger charge is 2.45. The molecule has 2 saturated heterocycles. The zero-order chi connectivity index (χ0) is 14.0. The van der Waals surface area contributed by atoms with Crippen LogP contribution in [0.1, 0.15) is 32.6 Å². The topological polar surface area (TPSA) is 78.5 Å². The predicted molar refractivity (Wildman–Crippen MR) is 72.9 cm³/mol. The lowest BCUT2D eigenvalue weighted by molar-refractivity contribution is -0.133. The molecule has 2 N–H and O–H groups in total. The summed E-state index contributed by atoms with van der Waals surface area (Å²) in [6.45, 7) is 2.43. The van der Waals surface area contributed by atoms with Crippen LogP contribution in [0.25, 0.3) is 0 Å². The zero-order valence-electron chi connectivity index (χ0n) is 10.9. The van der Waals surface area contributed by atoms with Crippen LogP contribution in [0.5, 0.6) is 0 Å². The fraction of sp³-hybridized carbons (Fsp3) is 0.750. The van der Waals surface area contributed by atoms with Crippen molar-refractivity contribution in [2.24, 2.45) is 0 Å². The van der Waals surface area contributed by atoms with E-state index in [4.69, 9.17) is 0 Å². The van der Waals surface area contributed by atoms with Gasteiger partial charge in [-0.25, -0.2) is 4.79 Å². The van der Waals surface area contributed by atoms with Gasteiger partial charge in [0, 0.05) is 19.0 Å². The van der Waals surface area contributed by atoms with E-state index in [0.717, 1.165) is 19.4 Å². The van der Waals surface area contributed by atoms with Crippen LogP contribution in [0.3, 0.4) is 0 Å². The van der Waals surface area contributed by atoms with Crippen molar-refractivity contribution in [2.45, 2.75) is 44.2 Å². The van der Waals surface area contributed by atoms with E-state index in [9.17, 15) is 14.4 Å². The third-order valence-electron chi connectivity index (χ3n) is 3.78. The monoisotopic (exact) mass is 285 g/mol. The minimum atomic E-state index is -0.911.